The Balaban J connectivity index is 4.23. The van der Waals surface area contributed by atoms with Crippen LogP contribution in [-0.2, 0) is 9.59 Å². The molecule has 0 rings (SSSR count). The zero-order valence-corrected chi connectivity index (χ0v) is 32.1. The summed E-state index contributed by atoms with van der Waals surface area (Å²) in [4.78, 5) is 23.6. The number of aliphatic carboxylic acids is 2. The summed E-state index contributed by atoms with van der Waals surface area (Å²) >= 11 is 0. The zero-order valence-electron chi connectivity index (χ0n) is 32.1. The van der Waals surface area contributed by atoms with Crippen molar-refractivity contribution in [1.29, 1.82) is 0 Å². The van der Waals surface area contributed by atoms with Gasteiger partial charge < -0.3 is 10.2 Å². The lowest BCUT2D eigenvalue weighted by Crippen LogP contribution is -2.31. The van der Waals surface area contributed by atoms with Crippen molar-refractivity contribution in [1.82, 2.24) is 0 Å². The second kappa shape index (κ2) is 36.2. The standard InChI is InChI=1S/C43H84O4/c1-3-5-7-9-11-13-15-17-19-21-23-25-27-30-34-38-43(42(46)47,40-36-32-29-33-37-41(44)45)39-35-31-28-26-24-22-20-18-16-14-12-10-8-6-4-2/h3-40H2,1-2H3,(H,44,45)(H,46,47). The molecule has 0 saturated heterocycles. The fraction of sp³-hybridized carbons (Fsp3) is 0.953. The Labute approximate surface area is 294 Å². The molecular formula is C43H84O4. The molecule has 0 aliphatic rings. The smallest absolute Gasteiger partial charge is 0.309 e. The number of carboxylic acid groups (broad SMARTS) is 2. The number of hydrogen-bond acceptors (Lipinski definition) is 2. The Morgan fingerprint density at radius 1 is 0.340 bits per heavy atom. The Hall–Kier alpha value is -1.06. The first-order valence-electron chi connectivity index (χ1n) is 21.4. The predicted molar refractivity (Wildman–Crippen MR) is 204 cm³/mol. The molecule has 280 valence electrons. The van der Waals surface area contributed by atoms with Crippen LogP contribution in [0.15, 0.2) is 0 Å². The van der Waals surface area contributed by atoms with E-state index in [-0.39, 0.29) is 6.42 Å². The predicted octanol–water partition coefficient (Wildman–Crippen LogP) is 15.0. The molecule has 0 bridgehead atoms. The van der Waals surface area contributed by atoms with Gasteiger partial charge in [0.1, 0.15) is 0 Å². The van der Waals surface area contributed by atoms with Crippen molar-refractivity contribution in [2.24, 2.45) is 5.41 Å². The molecule has 0 aromatic heterocycles. The number of hydrogen-bond donors (Lipinski definition) is 2. The molecule has 0 aliphatic carbocycles. The first-order valence-corrected chi connectivity index (χ1v) is 21.4. The molecule has 0 atom stereocenters. The van der Waals surface area contributed by atoms with Gasteiger partial charge in [-0.15, -0.1) is 0 Å². The van der Waals surface area contributed by atoms with Gasteiger partial charge in [-0.05, 0) is 25.7 Å². The molecule has 0 saturated carbocycles. The van der Waals surface area contributed by atoms with E-state index in [0.717, 1.165) is 64.2 Å². The van der Waals surface area contributed by atoms with Gasteiger partial charge in [0, 0.05) is 6.42 Å². The Morgan fingerprint density at radius 2 is 0.553 bits per heavy atom. The van der Waals surface area contributed by atoms with Gasteiger partial charge >= 0.3 is 11.9 Å². The van der Waals surface area contributed by atoms with Crippen molar-refractivity contribution in [3.8, 4) is 0 Å². The van der Waals surface area contributed by atoms with Gasteiger partial charge in [0.05, 0.1) is 5.41 Å². The topological polar surface area (TPSA) is 74.6 Å². The average molecular weight is 665 g/mol. The first-order chi connectivity index (χ1) is 23.0. The lowest BCUT2D eigenvalue weighted by atomic mass is 9.74. The maximum Gasteiger partial charge on any atom is 0.309 e. The zero-order chi connectivity index (χ0) is 34.5. The van der Waals surface area contributed by atoms with Gasteiger partial charge in [-0.25, -0.2) is 0 Å². The Bertz CT molecular complexity index is 626. The fourth-order valence-electron chi connectivity index (χ4n) is 7.46. The summed E-state index contributed by atoms with van der Waals surface area (Å²) in [5.74, 6) is -1.31. The molecule has 0 aromatic rings. The van der Waals surface area contributed by atoms with Gasteiger partial charge in [0.15, 0.2) is 0 Å². The SMILES string of the molecule is CCCCCCCCCCCCCCCCCC(CCCCCCCCCCCCCCCCC)(CCCCCCC(=O)O)C(=O)O. The van der Waals surface area contributed by atoms with Crippen LogP contribution < -0.4 is 0 Å². The normalized spacial score (nSPS) is 11.8. The maximum atomic E-state index is 12.7. The van der Waals surface area contributed by atoms with Crippen LogP contribution >= 0.6 is 0 Å². The van der Waals surface area contributed by atoms with Crippen molar-refractivity contribution in [3.63, 3.8) is 0 Å². The summed E-state index contributed by atoms with van der Waals surface area (Å²) in [7, 11) is 0. The van der Waals surface area contributed by atoms with E-state index >= 15 is 0 Å². The quantitative estimate of drug-likeness (QED) is 0.0639. The highest BCUT2D eigenvalue weighted by Gasteiger charge is 2.36. The minimum atomic E-state index is -0.730. The monoisotopic (exact) mass is 665 g/mol. The summed E-state index contributed by atoms with van der Waals surface area (Å²) in [6, 6.07) is 0. The van der Waals surface area contributed by atoms with Gasteiger partial charge in [-0.3, -0.25) is 9.59 Å². The van der Waals surface area contributed by atoms with Crippen molar-refractivity contribution in [3.05, 3.63) is 0 Å². The van der Waals surface area contributed by atoms with Crippen LogP contribution in [-0.4, -0.2) is 22.2 Å². The van der Waals surface area contributed by atoms with Crippen molar-refractivity contribution < 1.29 is 19.8 Å². The third kappa shape index (κ3) is 31.9. The highest BCUT2D eigenvalue weighted by molar-refractivity contribution is 5.74. The van der Waals surface area contributed by atoms with Crippen LogP contribution in [0.5, 0.6) is 0 Å². The summed E-state index contributed by atoms with van der Waals surface area (Å²) in [6.45, 7) is 4.56. The van der Waals surface area contributed by atoms with Crippen LogP contribution in [0.1, 0.15) is 258 Å². The second-order valence-corrected chi connectivity index (χ2v) is 15.3. The van der Waals surface area contributed by atoms with E-state index in [2.05, 4.69) is 13.8 Å². The Kier molecular flexibility index (Phi) is 35.4. The Morgan fingerprint density at radius 3 is 0.766 bits per heavy atom. The van der Waals surface area contributed by atoms with Gasteiger partial charge in [0.2, 0.25) is 0 Å². The molecule has 2 N–H and O–H groups in total. The van der Waals surface area contributed by atoms with E-state index in [4.69, 9.17) is 5.11 Å². The van der Waals surface area contributed by atoms with E-state index < -0.39 is 17.4 Å². The number of carboxylic acids is 2. The molecular weight excluding hydrogens is 580 g/mol. The lowest BCUT2D eigenvalue weighted by molar-refractivity contribution is -0.150. The first kappa shape index (κ1) is 45.9. The van der Waals surface area contributed by atoms with Crippen LogP contribution in [0.3, 0.4) is 0 Å². The van der Waals surface area contributed by atoms with Crippen molar-refractivity contribution >= 4 is 11.9 Å². The molecule has 47 heavy (non-hydrogen) atoms. The summed E-state index contributed by atoms with van der Waals surface area (Å²) in [5.41, 5.74) is -0.583. The van der Waals surface area contributed by atoms with Crippen LogP contribution in [0.4, 0.5) is 0 Å². The second-order valence-electron chi connectivity index (χ2n) is 15.3. The molecule has 0 heterocycles. The molecule has 0 fully saturated rings. The largest absolute Gasteiger partial charge is 0.481 e. The van der Waals surface area contributed by atoms with Crippen molar-refractivity contribution in [2.75, 3.05) is 0 Å². The van der Waals surface area contributed by atoms with Crippen LogP contribution in [0, 0.1) is 5.41 Å². The molecule has 0 unspecified atom stereocenters. The van der Waals surface area contributed by atoms with Gasteiger partial charge in [-0.1, -0.05) is 226 Å². The van der Waals surface area contributed by atoms with E-state index in [9.17, 15) is 14.7 Å². The van der Waals surface area contributed by atoms with Crippen molar-refractivity contribution in [2.45, 2.75) is 258 Å². The summed E-state index contributed by atoms with van der Waals surface area (Å²) in [6.07, 6.45) is 46.0. The minimum Gasteiger partial charge on any atom is -0.481 e. The van der Waals surface area contributed by atoms with Crippen LogP contribution in [0.2, 0.25) is 0 Å². The summed E-state index contributed by atoms with van der Waals surface area (Å²) < 4.78 is 0. The average Bonchev–Trinajstić information content (AvgIpc) is 3.05. The summed E-state index contributed by atoms with van der Waals surface area (Å²) in [5, 5.41) is 19.4. The number of rotatable bonds is 40. The molecule has 4 heteroatoms. The highest BCUT2D eigenvalue weighted by atomic mass is 16.4. The van der Waals surface area contributed by atoms with Gasteiger partial charge in [-0.2, -0.15) is 0 Å². The van der Waals surface area contributed by atoms with Gasteiger partial charge in [0.25, 0.3) is 0 Å². The molecule has 0 aliphatic heterocycles. The van der Waals surface area contributed by atoms with E-state index in [0.29, 0.717) is 6.42 Å². The van der Waals surface area contributed by atoms with Crippen LogP contribution in [0.25, 0.3) is 0 Å². The third-order valence-corrected chi connectivity index (χ3v) is 10.8. The molecule has 4 nitrogen and oxygen atoms in total. The lowest BCUT2D eigenvalue weighted by Gasteiger charge is -2.30. The van der Waals surface area contributed by atoms with E-state index in [1.807, 2.05) is 0 Å². The molecule has 0 amide bonds. The van der Waals surface area contributed by atoms with E-state index in [1.165, 1.54) is 167 Å². The minimum absolute atomic E-state index is 0.225. The highest BCUT2D eigenvalue weighted by Crippen LogP contribution is 2.38. The molecule has 0 spiro atoms. The van der Waals surface area contributed by atoms with E-state index in [1.54, 1.807) is 0 Å². The third-order valence-electron chi connectivity index (χ3n) is 10.8. The maximum absolute atomic E-state index is 12.7. The fourth-order valence-corrected chi connectivity index (χ4v) is 7.46. The molecule has 0 aromatic carbocycles. The molecule has 0 radical (unpaired) electrons. The number of unbranched alkanes of at least 4 members (excludes halogenated alkanes) is 31. The number of carbonyl (C=O) groups is 2.